The number of nitrogens with one attached hydrogen (secondary N) is 2. The number of hydrogen-bond acceptors (Lipinski definition) is 5. The van der Waals surface area contributed by atoms with Crippen LogP contribution in [0.25, 0.3) is 33.3 Å². The van der Waals surface area contributed by atoms with Gasteiger partial charge in [0, 0.05) is 35.1 Å². The first-order chi connectivity index (χ1) is 18.8. The number of phenols is 1. The topological polar surface area (TPSA) is 133 Å². The average Bonchev–Trinajstić information content (AvgIpc) is 3.70. The van der Waals surface area contributed by atoms with Crippen molar-refractivity contribution >= 4 is 33.8 Å². The summed E-state index contributed by atoms with van der Waals surface area (Å²) in [7, 11) is 0. The zero-order valence-electron chi connectivity index (χ0n) is 21.7. The van der Waals surface area contributed by atoms with Crippen LogP contribution in [0, 0.1) is 11.8 Å². The van der Waals surface area contributed by atoms with Crippen molar-refractivity contribution in [2.45, 2.75) is 45.2 Å². The summed E-state index contributed by atoms with van der Waals surface area (Å²) in [5.74, 6) is 0.210. The molecule has 200 valence electrons. The van der Waals surface area contributed by atoms with Crippen LogP contribution in [0.5, 0.6) is 5.75 Å². The highest BCUT2D eigenvalue weighted by atomic mass is 16.4. The molecule has 0 radical (unpaired) electrons. The number of benzene rings is 2. The first-order valence-electron chi connectivity index (χ1n) is 13.2. The van der Waals surface area contributed by atoms with E-state index in [1.807, 2.05) is 12.1 Å². The van der Waals surface area contributed by atoms with Gasteiger partial charge in [-0.2, -0.15) is 0 Å². The number of aromatic amines is 1. The zero-order chi connectivity index (χ0) is 27.3. The normalized spacial score (nSPS) is 18.6. The molecule has 3 aromatic heterocycles. The summed E-state index contributed by atoms with van der Waals surface area (Å²) in [5, 5.41) is 23.1. The molecule has 1 amide bonds. The number of carboxylic acid groups (broad SMARTS) is 1. The lowest BCUT2D eigenvalue weighted by atomic mass is 9.99. The number of fused-ring (bicyclic) bond motifs is 2. The Morgan fingerprint density at radius 1 is 1.15 bits per heavy atom. The number of carboxylic acids is 1. The number of hydrogen-bond donors (Lipinski definition) is 4. The van der Waals surface area contributed by atoms with Crippen molar-refractivity contribution in [2.75, 3.05) is 0 Å². The highest BCUT2D eigenvalue weighted by molar-refractivity contribution is 6.00. The van der Waals surface area contributed by atoms with Crippen LogP contribution in [0.15, 0.2) is 65.6 Å². The molecule has 1 aliphatic rings. The number of phenolic OH excluding ortho intramolecular Hbond substituents is 1. The number of H-pyrrole nitrogens is 1. The fourth-order valence-electron chi connectivity index (χ4n) is 6.07. The standard InChI is InChI=1S/C30H30N4O5/c1-16-3-4-17(2)27(16)34-26-8-5-18(11-24(26)32-28(34)19-9-10-39-15-19)29(36)33-25(30(37)38)12-20-14-31-23-7-6-21(35)13-22(20)23/h5-11,13-17,25,27,31,35H,3-4,12H2,1-2H3,(H,33,36)(H,37,38)/t16-,17-,25+/m1/s1. The number of furan rings is 1. The minimum Gasteiger partial charge on any atom is -0.508 e. The highest BCUT2D eigenvalue weighted by Gasteiger charge is 2.35. The summed E-state index contributed by atoms with van der Waals surface area (Å²) in [6.45, 7) is 4.53. The molecule has 3 atom stereocenters. The summed E-state index contributed by atoms with van der Waals surface area (Å²) < 4.78 is 7.63. The van der Waals surface area contributed by atoms with Crippen molar-refractivity contribution in [2.24, 2.45) is 11.8 Å². The van der Waals surface area contributed by atoms with E-state index in [-0.39, 0.29) is 18.2 Å². The Bertz CT molecular complexity index is 1670. The van der Waals surface area contributed by atoms with Gasteiger partial charge in [-0.1, -0.05) is 13.8 Å². The second-order valence-corrected chi connectivity index (χ2v) is 10.7. The Balaban J connectivity index is 1.32. The second-order valence-electron chi connectivity index (χ2n) is 10.7. The van der Waals surface area contributed by atoms with E-state index >= 15 is 0 Å². The first-order valence-corrected chi connectivity index (χ1v) is 13.2. The van der Waals surface area contributed by atoms with Crippen LogP contribution in [-0.4, -0.2) is 42.7 Å². The Labute approximate surface area is 224 Å². The lowest BCUT2D eigenvalue weighted by Gasteiger charge is -2.24. The van der Waals surface area contributed by atoms with E-state index < -0.39 is 17.9 Å². The van der Waals surface area contributed by atoms with Crippen molar-refractivity contribution in [3.8, 4) is 17.1 Å². The number of rotatable bonds is 7. The van der Waals surface area contributed by atoms with Gasteiger partial charge in [-0.25, -0.2) is 9.78 Å². The van der Waals surface area contributed by atoms with Crippen LogP contribution in [-0.2, 0) is 11.2 Å². The van der Waals surface area contributed by atoms with E-state index in [0.29, 0.717) is 33.9 Å². The molecule has 1 fully saturated rings. The van der Waals surface area contributed by atoms with Gasteiger partial charge in [0.25, 0.3) is 5.91 Å². The molecule has 0 spiro atoms. The summed E-state index contributed by atoms with van der Waals surface area (Å²) >= 11 is 0. The van der Waals surface area contributed by atoms with E-state index in [4.69, 9.17) is 9.40 Å². The lowest BCUT2D eigenvalue weighted by molar-refractivity contribution is -0.139. The molecule has 1 aliphatic carbocycles. The molecule has 0 bridgehead atoms. The zero-order valence-corrected chi connectivity index (χ0v) is 21.7. The monoisotopic (exact) mass is 526 g/mol. The van der Waals surface area contributed by atoms with Gasteiger partial charge in [0.15, 0.2) is 0 Å². The smallest absolute Gasteiger partial charge is 0.326 e. The molecule has 2 aromatic carbocycles. The molecule has 39 heavy (non-hydrogen) atoms. The van der Waals surface area contributed by atoms with Crippen LogP contribution >= 0.6 is 0 Å². The predicted octanol–water partition coefficient (Wildman–Crippen LogP) is 5.52. The Morgan fingerprint density at radius 3 is 2.67 bits per heavy atom. The van der Waals surface area contributed by atoms with E-state index in [1.165, 1.54) is 0 Å². The molecule has 3 heterocycles. The average molecular weight is 527 g/mol. The van der Waals surface area contributed by atoms with Crippen LogP contribution < -0.4 is 5.32 Å². The summed E-state index contributed by atoms with van der Waals surface area (Å²) in [6, 6.07) is 11.2. The molecule has 5 aromatic rings. The third-order valence-electron chi connectivity index (χ3n) is 8.05. The first kappa shape index (κ1) is 24.8. The van der Waals surface area contributed by atoms with Crippen molar-refractivity contribution in [3.63, 3.8) is 0 Å². The SMILES string of the molecule is C[C@@H]1CC[C@@H](C)C1n1c(-c2ccoc2)nc2cc(C(=O)N[C@@H](Cc3c[nH]c4ccc(O)cc34)C(=O)O)ccc21. The van der Waals surface area contributed by atoms with Crippen LogP contribution in [0.4, 0.5) is 0 Å². The Morgan fingerprint density at radius 2 is 1.95 bits per heavy atom. The minimum atomic E-state index is -1.16. The van der Waals surface area contributed by atoms with Crippen molar-refractivity contribution in [1.29, 1.82) is 0 Å². The maximum Gasteiger partial charge on any atom is 0.326 e. The Kier molecular flexibility index (Phi) is 6.13. The lowest BCUT2D eigenvalue weighted by Crippen LogP contribution is -2.42. The molecule has 0 aliphatic heterocycles. The molecular formula is C30H30N4O5. The van der Waals surface area contributed by atoms with E-state index in [1.54, 1.807) is 49.1 Å². The molecule has 9 heteroatoms. The van der Waals surface area contributed by atoms with Crippen molar-refractivity contribution < 1.29 is 24.2 Å². The summed E-state index contributed by atoms with van der Waals surface area (Å²) in [6.07, 6.45) is 7.35. The maximum absolute atomic E-state index is 13.3. The van der Waals surface area contributed by atoms with Gasteiger partial charge >= 0.3 is 5.97 Å². The minimum absolute atomic E-state index is 0.0590. The molecule has 4 N–H and O–H groups in total. The van der Waals surface area contributed by atoms with Gasteiger partial charge in [-0.05, 0) is 72.7 Å². The van der Waals surface area contributed by atoms with Crippen LogP contribution in [0.2, 0.25) is 0 Å². The molecule has 6 rings (SSSR count). The fraction of sp³-hybridized carbons (Fsp3) is 0.300. The molecular weight excluding hydrogens is 496 g/mol. The number of aliphatic carboxylic acids is 1. The number of aromatic nitrogens is 3. The van der Waals surface area contributed by atoms with Crippen molar-refractivity contribution in [3.05, 3.63) is 72.3 Å². The largest absolute Gasteiger partial charge is 0.508 e. The van der Waals surface area contributed by atoms with Gasteiger partial charge in [0.1, 0.15) is 23.9 Å². The fourth-order valence-corrected chi connectivity index (χ4v) is 6.07. The third-order valence-corrected chi connectivity index (χ3v) is 8.05. The van der Waals surface area contributed by atoms with E-state index in [2.05, 4.69) is 28.7 Å². The van der Waals surface area contributed by atoms with Crippen molar-refractivity contribution in [1.82, 2.24) is 19.9 Å². The molecule has 0 unspecified atom stereocenters. The number of amides is 1. The van der Waals surface area contributed by atoms with Crippen LogP contribution in [0.3, 0.4) is 0 Å². The third kappa shape index (κ3) is 4.43. The van der Waals surface area contributed by atoms with Gasteiger partial charge in [0.2, 0.25) is 0 Å². The summed E-state index contributed by atoms with van der Waals surface area (Å²) in [5.41, 5.74) is 4.28. The number of imidazole rings is 1. The van der Waals surface area contributed by atoms with E-state index in [0.717, 1.165) is 35.3 Å². The molecule has 0 saturated heterocycles. The second kappa shape index (κ2) is 9.65. The highest BCUT2D eigenvalue weighted by Crippen LogP contribution is 2.44. The van der Waals surface area contributed by atoms with E-state index in [9.17, 15) is 19.8 Å². The number of carbonyl (C=O) groups is 2. The van der Waals surface area contributed by atoms with Gasteiger partial charge in [-0.3, -0.25) is 4.79 Å². The maximum atomic E-state index is 13.3. The number of carbonyl (C=O) groups excluding carboxylic acids is 1. The number of nitrogens with zero attached hydrogens (tertiary/aromatic N) is 2. The van der Waals surface area contributed by atoms with Gasteiger partial charge in [-0.15, -0.1) is 0 Å². The molecule has 1 saturated carbocycles. The van der Waals surface area contributed by atoms with Crippen LogP contribution in [0.1, 0.15) is 48.7 Å². The quantitative estimate of drug-likeness (QED) is 0.221. The van der Waals surface area contributed by atoms with Gasteiger partial charge in [0.05, 0.1) is 22.9 Å². The Hall–Kier alpha value is -4.53. The molecule has 9 nitrogen and oxygen atoms in total. The summed E-state index contributed by atoms with van der Waals surface area (Å²) in [4.78, 5) is 33.3. The predicted molar refractivity (Wildman–Crippen MR) is 147 cm³/mol. The van der Waals surface area contributed by atoms with Gasteiger partial charge < -0.3 is 29.5 Å². The number of aromatic hydroxyl groups is 1.